The van der Waals surface area contributed by atoms with Crippen molar-refractivity contribution in [3.05, 3.63) is 12.4 Å². The van der Waals surface area contributed by atoms with Gasteiger partial charge in [0.05, 0.1) is 31.3 Å². The molecule has 1 heterocycles. The van der Waals surface area contributed by atoms with Crippen molar-refractivity contribution in [1.82, 2.24) is 14.1 Å². The highest BCUT2D eigenvalue weighted by Gasteiger charge is 2.34. The van der Waals surface area contributed by atoms with Gasteiger partial charge >= 0.3 is 5.97 Å². The summed E-state index contributed by atoms with van der Waals surface area (Å²) >= 11 is 0. The summed E-state index contributed by atoms with van der Waals surface area (Å²) < 4.78 is 27.0. The van der Waals surface area contributed by atoms with E-state index < -0.39 is 21.5 Å². The molecular weight excluding hydrogens is 286 g/mol. The Morgan fingerprint density at radius 1 is 1.50 bits per heavy atom. The molecular formula is C11H19N3O5S. The summed E-state index contributed by atoms with van der Waals surface area (Å²) in [5.74, 6) is -0.983. The molecule has 0 amide bonds. The van der Waals surface area contributed by atoms with E-state index in [0.717, 1.165) is 4.31 Å². The van der Waals surface area contributed by atoms with Crippen LogP contribution in [0.15, 0.2) is 17.3 Å². The van der Waals surface area contributed by atoms with Crippen LogP contribution in [0.25, 0.3) is 0 Å². The van der Waals surface area contributed by atoms with Gasteiger partial charge in [-0.2, -0.15) is 9.40 Å². The van der Waals surface area contributed by atoms with Gasteiger partial charge in [-0.1, -0.05) is 0 Å². The van der Waals surface area contributed by atoms with Gasteiger partial charge in [0.2, 0.25) is 10.0 Å². The average molecular weight is 305 g/mol. The lowest BCUT2D eigenvalue weighted by molar-refractivity contribution is -0.137. The molecule has 0 atom stereocenters. The molecule has 1 aromatic heterocycles. The van der Waals surface area contributed by atoms with Crippen molar-refractivity contribution < 1.29 is 23.4 Å². The van der Waals surface area contributed by atoms with Gasteiger partial charge in [0.1, 0.15) is 4.90 Å². The molecule has 0 saturated carbocycles. The molecule has 0 aromatic carbocycles. The SMILES string of the molecule is CN(C(C)(C)CO)S(=O)(=O)c1cnn(CCC(=O)O)c1. The van der Waals surface area contributed by atoms with Gasteiger partial charge < -0.3 is 10.2 Å². The third-order valence-corrected chi connectivity index (χ3v) is 5.08. The number of aliphatic hydroxyl groups is 1. The molecule has 0 bridgehead atoms. The van der Waals surface area contributed by atoms with E-state index >= 15 is 0 Å². The molecule has 2 N–H and O–H groups in total. The number of hydrogen-bond acceptors (Lipinski definition) is 5. The van der Waals surface area contributed by atoms with Crippen molar-refractivity contribution in [2.45, 2.75) is 37.2 Å². The summed E-state index contributed by atoms with van der Waals surface area (Å²) in [6, 6.07) is 0. The van der Waals surface area contributed by atoms with Crippen LogP contribution in [0.4, 0.5) is 0 Å². The smallest absolute Gasteiger partial charge is 0.305 e. The third kappa shape index (κ3) is 3.56. The summed E-state index contributed by atoms with van der Waals surface area (Å²) in [4.78, 5) is 10.4. The van der Waals surface area contributed by atoms with Gasteiger partial charge in [-0.05, 0) is 13.8 Å². The maximum atomic E-state index is 12.3. The van der Waals surface area contributed by atoms with Crippen LogP contribution >= 0.6 is 0 Å². The third-order valence-electron chi connectivity index (χ3n) is 3.06. The van der Waals surface area contributed by atoms with E-state index in [2.05, 4.69) is 5.10 Å². The highest BCUT2D eigenvalue weighted by atomic mass is 32.2. The zero-order valence-corrected chi connectivity index (χ0v) is 12.5. The zero-order valence-electron chi connectivity index (χ0n) is 11.6. The van der Waals surface area contributed by atoms with Gasteiger partial charge in [0.25, 0.3) is 0 Å². The van der Waals surface area contributed by atoms with Crippen molar-refractivity contribution in [3.8, 4) is 0 Å². The van der Waals surface area contributed by atoms with Crippen molar-refractivity contribution in [2.75, 3.05) is 13.7 Å². The van der Waals surface area contributed by atoms with Gasteiger partial charge in [-0.25, -0.2) is 8.42 Å². The minimum Gasteiger partial charge on any atom is -0.481 e. The summed E-state index contributed by atoms with van der Waals surface area (Å²) in [7, 11) is -2.41. The summed E-state index contributed by atoms with van der Waals surface area (Å²) in [6.45, 7) is 2.96. The number of hydrogen-bond donors (Lipinski definition) is 2. The molecule has 1 rings (SSSR count). The first-order valence-electron chi connectivity index (χ1n) is 5.95. The molecule has 9 heteroatoms. The molecule has 0 spiro atoms. The molecule has 1 aromatic rings. The number of aliphatic carboxylic acids is 1. The Morgan fingerprint density at radius 3 is 2.60 bits per heavy atom. The Balaban J connectivity index is 2.97. The van der Waals surface area contributed by atoms with Crippen LogP contribution in [-0.4, -0.2) is 57.9 Å². The van der Waals surface area contributed by atoms with Crippen molar-refractivity contribution in [3.63, 3.8) is 0 Å². The van der Waals surface area contributed by atoms with Crippen LogP contribution in [0, 0.1) is 0 Å². The quantitative estimate of drug-likeness (QED) is 0.718. The predicted octanol–water partition coefficient (Wildman–Crippen LogP) is -0.251. The summed E-state index contributed by atoms with van der Waals surface area (Å²) in [6.07, 6.45) is 2.31. The van der Waals surface area contributed by atoms with Gasteiger partial charge in [-0.15, -0.1) is 0 Å². The highest BCUT2D eigenvalue weighted by Crippen LogP contribution is 2.22. The minimum atomic E-state index is -3.78. The largest absolute Gasteiger partial charge is 0.481 e. The number of carboxylic acid groups (broad SMARTS) is 1. The Morgan fingerprint density at radius 2 is 2.10 bits per heavy atom. The maximum absolute atomic E-state index is 12.3. The Kier molecular flexibility index (Phi) is 4.90. The van der Waals surface area contributed by atoms with E-state index in [1.165, 1.54) is 24.1 Å². The molecule has 0 aliphatic rings. The first-order valence-corrected chi connectivity index (χ1v) is 7.39. The van der Waals surface area contributed by atoms with E-state index in [1.54, 1.807) is 13.8 Å². The number of carbonyl (C=O) groups is 1. The second kappa shape index (κ2) is 5.90. The number of rotatable bonds is 7. The number of nitrogens with zero attached hydrogens (tertiary/aromatic N) is 3. The molecule has 0 aliphatic heterocycles. The molecule has 0 unspecified atom stereocenters. The lowest BCUT2D eigenvalue weighted by Gasteiger charge is -2.32. The molecule has 114 valence electrons. The van der Waals surface area contributed by atoms with E-state index in [-0.39, 0.29) is 24.5 Å². The molecule has 8 nitrogen and oxygen atoms in total. The van der Waals surface area contributed by atoms with E-state index in [0.29, 0.717) is 0 Å². The summed E-state index contributed by atoms with van der Waals surface area (Å²) in [5.41, 5.74) is -0.942. The van der Waals surface area contributed by atoms with Crippen LogP contribution < -0.4 is 0 Å². The normalized spacial score (nSPS) is 12.8. The number of aliphatic hydroxyl groups excluding tert-OH is 1. The van der Waals surface area contributed by atoms with Gasteiger partial charge in [-0.3, -0.25) is 9.48 Å². The fourth-order valence-electron chi connectivity index (χ4n) is 1.39. The lowest BCUT2D eigenvalue weighted by Crippen LogP contribution is -2.47. The molecule has 0 aliphatic carbocycles. The molecule has 0 radical (unpaired) electrons. The van der Waals surface area contributed by atoms with Crippen molar-refractivity contribution >= 4 is 16.0 Å². The number of aromatic nitrogens is 2. The fraction of sp³-hybridized carbons (Fsp3) is 0.636. The Labute approximate surface area is 117 Å². The first kappa shape index (κ1) is 16.6. The molecule has 0 saturated heterocycles. The Bertz CT molecular complexity index is 579. The van der Waals surface area contributed by atoms with Gasteiger partial charge in [0, 0.05) is 13.2 Å². The van der Waals surface area contributed by atoms with Crippen LogP contribution in [0.3, 0.4) is 0 Å². The van der Waals surface area contributed by atoms with Gasteiger partial charge in [0.15, 0.2) is 0 Å². The number of aryl methyl sites for hydroxylation is 1. The second-order valence-corrected chi connectivity index (χ2v) is 7.00. The fourth-order valence-corrected chi connectivity index (χ4v) is 2.85. The van der Waals surface area contributed by atoms with Crippen LogP contribution in [0.1, 0.15) is 20.3 Å². The van der Waals surface area contributed by atoms with Crippen LogP contribution in [0.2, 0.25) is 0 Å². The van der Waals surface area contributed by atoms with Crippen molar-refractivity contribution in [2.24, 2.45) is 0 Å². The second-order valence-electron chi connectivity index (χ2n) is 5.03. The Hall–Kier alpha value is -1.45. The standard InChI is InChI=1S/C11H19N3O5S/c1-11(2,8-15)13(3)20(18,19)9-6-12-14(7-9)5-4-10(16)17/h6-7,15H,4-5,8H2,1-3H3,(H,16,17). The zero-order chi connectivity index (χ0) is 15.6. The van der Waals surface area contributed by atoms with Crippen molar-refractivity contribution in [1.29, 1.82) is 0 Å². The average Bonchev–Trinajstić information content (AvgIpc) is 2.84. The molecule has 0 fully saturated rings. The lowest BCUT2D eigenvalue weighted by atomic mass is 10.1. The maximum Gasteiger partial charge on any atom is 0.305 e. The predicted molar refractivity (Wildman–Crippen MR) is 70.6 cm³/mol. The van der Waals surface area contributed by atoms with E-state index in [4.69, 9.17) is 5.11 Å². The monoisotopic (exact) mass is 305 g/mol. The van der Waals surface area contributed by atoms with E-state index in [1.807, 2.05) is 0 Å². The molecule has 20 heavy (non-hydrogen) atoms. The minimum absolute atomic E-state index is 0.0353. The first-order chi connectivity index (χ1) is 9.11. The highest BCUT2D eigenvalue weighted by molar-refractivity contribution is 7.89. The number of likely N-dealkylation sites (N-methyl/N-ethyl adjacent to an activating group) is 1. The topological polar surface area (TPSA) is 113 Å². The van der Waals surface area contributed by atoms with Crippen LogP contribution in [0.5, 0.6) is 0 Å². The van der Waals surface area contributed by atoms with E-state index in [9.17, 15) is 18.3 Å². The number of carboxylic acids is 1. The summed E-state index contributed by atoms with van der Waals surface area (Å²) in [5, 5.41) is 21.6. The number of sulfonamides is 1. The van der Waals surface area contributed by atoms with Crippen LogP contribution in [-0.2, 0) is 21.4 Å².